The number of carbonyl (C=O) groups excluding carboxylic acids is 2. The molecule has 0 radical (unpaired) electrons. The maximum Gasteiger partial charge on any atom is 0.325 e. The van der Waals surface area contributed by atoms with Crippen molar-refractivity contribution in [3.05, 3.63) is 34.6 Å². The molecule has 1 saturated heterocycles. The van der Waals surface area contributed by atoms with Crippen LogP contribution in [0.4, 0.5) is 9.18 Å². The third-order valence-corrected chi connectivity index (χ3v) is 3.51. The lowest BCUT2D eigenvalue weighted by Crippen LogP contribution is -2.47. The van der Waals surface area contributed by atoms with E-state index in [-0.39, 0.29) is 23.7 Å². The first-order valence-corrected chi connectivity index (χ1v) is 6.33. The first kappa shape index (κ1) is 14.7. The van der Waals surface area contributed by atoms with E-state index in [1.165, 1.54) is 25.3 Å². The second-order valence-electron chi connectivity index (χ2n) is 4.79. The fourth-order valence-electron chi connectivity index (χ4n) is 2.12. The zero-order valence-electron chi connectivity index (χ0n) is 11.1. The number of urea groups is 1. The van der Waals surface area contributed by atoms with Gasteiger partial charge in [0.2, 0.25) is 0 Å². The van der Waals surface area contributed by atoms with Gasteiger partial charge in [-0.05, 0) is 19.1 Å². The Hall–Kier alpha value is -1.66. The molecule has 5 nitrogen and oxygen atoms in total. The Kier molecular flexibility index (Phi) is 3.96. The number of nitrogens with zero attached hydrogens (tertiary/aromatic N) is 1. The van der Waals surface area contributed by atoms with Crippen LogP contribution in [0, 0.1) is 5.82 Å². The zero-order valence-corrected chi connectivity index (χ0v) is 11.8. The van der Waals surface area contributed by atoms with Crippen LogP contribution in [0.2, 0.25) is 5.02 Å². The minimum Gasteiger partial charge on any atom is -0.382 e. The fourth-order valence-corrected chi connectivity index (χ4v) is 2.34. The van der Waals surface area contributed by atoms with Crippen LogP contribution in [0.5, 0.6) is 0 Å². The number of benzene rings is 1. The van der Waals surface area contributed by atoms with Crippen LogP contribution < -0.4 is 5.32 Å². The molecule has 108 valence electrons. The van der Waals surface area contributed by atoms with Crippen LogP contribution in [0.25, 0.3) is 0 Å². The van der Waals surface area contributed by atoms with Gasteiger partial charge < -0.3 is 10.1 Å². The van der Waals surface area contributed by atoms with Crippen LogP contribution in [-0.2, 0) is 16.1 Å². The molecule has 20 heavy (non-hydrogen) atoms. The van der Waals surface area contributed by atoms with E-state index in [4.69, 9.17) is 16.3 Å². The average Bonchev–Trinajstić information content (AvgIpc) is 2.57. The van der Waals surface area contributed by atoms with Crippen molar-refractivity contribution in [3.8, 4) is 0 Å². The molecule has 1 N–H and O–H groups in total. The van der Waals surface area contributed by atoms with Crippen LogP contribution in [-0.4, -0.2) is 36.1 Å². The van der Waals surface area contributed by atoms with Gasteiger partial charge in [-0.25, -0.2) is 9.18 Å². The third-order valence-electron chi connectivity index (χ3n) is 3.16. The summed E-state index contributed by atoms with van der Waals surface area (Å²) in [6.45, 7) is 1.38. The molecule has 1 aromatic carbocycles. The number of carbonyl (C=O) groups is 2. The predicted octanol–water partition coefficient (Wildman–Crippen LogP) is 1.94. The molecule has 0 spiro atoms. The molecular weight excluding hydrogens is 287 g/mol. The summed E-state index contributed by atoms with van der Waals surface area (Å²) in [5, 5.41) is 2.71. The number of rotatable bonds is 4. The van der Waals surface area contributed by atoms with Gasteiger partial charge in [0.15, 0.2) is 0 Å². The van der Waals surface area contributed by atoms with Gasteiger partial charge >= 0.3 is 6.03 Å². The van der Waals surface area contributed by atoms with E-state index in [0.29, 0.717) is 0 Å². The molecule has 0 aromatic heterocycles. The van der Waals surface area contributed by atoms with Crippen LogP contribution in [0.15, 0.2) is 18.2 Å². The summed E-state index contributed by atoms with van der Waals surface area (Å²) in [6, 6.07) is 3.61. The molecule has 0 saturated carbocycles. The molecule has 1 aliphatic heterocycles. The lowest BCUT2D eigenvalue weighted by Gasteiger charge is -2.20. The van der Waals surface area contributed by atoms with E-state index in [2.05, 4.69) is 5.32 Å². The summed E-state index contributed by atoms with van der Waals surface area (Å²) in [4.78, 5) is 25.1. The van der Waals surface area contributed by atoms with E-state index in [0.717, 1.165) is 4.90 Å². The molecule has 1 fully saturated rings. The van der Waals surface area contributed by atoms with Gasteiger partial charge in [-0.1, -0.05) is 17.7 Å². The first-order valence-electron chi connectivity index (χ1n) is 5.95. The van der Waals surface area contributed by atoms with E-state index in [9.17, 15) is 14.0 Å². The molecule has 1 aromatic rings. The molecule has 0 aliphatic carbocycles. The maximum atomic E-state index is 13.7. The van der Waals surface area contributed by atoms with Gasteiger partial charge in [0.05, 0.1) is 13.2 Å². The van der Waals surface area contributed by atoms with Crippen molar-refractivity contribution in [3.63, 3.8) is 0 Å². The second kappa shape index (κ2) is 5.38. The predicted molar refractivity (Wildman–Crippen MR) is 70.8 cm³/mol. The summed E-state index contributed by atoms with van der Waals surface area (Å²) in [6.07, 6.45) is 0. The van der Waals surface area contributed by atoms with Crippen molar-refractivity contribution >= 4 is 23.5 Å². The molecule has 7 heteroatoms. The fraction of sp³-hybridized carbons (Fsp3) is 0.385. The Balaban J connectivity index is 2.26. The third kappa shape index (κ3) is 2.48. The zero-order chi connectivity index (χ0) is 14.9. The van der Waals surface area contributed by atoms with Crippen LogP contribution in [0.1, 0.15) is 12.5 Å². The Morgan fingerprint density at radius 1 is 1.45 bits per heavy atom. The lowest BCUT2D eigenvalue weighted by molar-refractivity contribution is -0.132. The number of amides is 3. The molecule has 1 atom stereocenters. The molecule has 2 rings (SSSR count). The van der Waals surface area contributed by atoms with Crippen molar-refractivity contribution in [2.45, 2.75) is 19.0 Å². The number of hydrogen-bond donors (Lipinski definition) is 1. The summed E-state index contributed by atoms with van der Waals surface area (Å²) >= 11 is 5.90. The summed E-state index contributed by atoms with van der Waals surface area (Å²) < 4.78 is 18.7. The van der Waals surface area contributed by atoms with E-state index in [1.54, 1.807) is 6.92 Å². The van der Waals surface area contributed by atoms with E-state index in [1.807, 2.05) is 0 Å². The van der Waals surface area contributed by atoms with Crippen LogP contribution >= 0.6 is 11.6 Å². The highest BCUT2D eigenvalue weighted by atomic mass is 35.5. The Labute approximate surface area is 120 Å². The number of methoxy groups -OCH3 is 1. The molecular formula is C13H14ClFN2O3. The molecule has 0 bridgehead atoms. The van der Waals surface area contributed by atoms with Gasteiger partial charge in [-0.3, -0.25) is 9.69 Å². The monoisotopic (exact) mass is 300 g/mol. The van der Waals surface area contributed by atoms with Gasteiger partial charge in [-0.2, -0.15) is 0 Å². The number of ether oxygens (including phenoxy) is 1. The van der Waals surface area contributed by atoms with Crippen molar-refractivity contribution in [2.24, 2.45) is 0 Å². The normalized spacial score (nSPS) is 22.3. The van der Waals surface area contributed by atoms with Gasteiger partial charge in [-0.15, -0.1) is 0 Å². The molecule has 1 heterocycles. The van der Waals surface area contributed by atoms with E-state index >= 15 is 0 Å². The van der Waals surface area contributed by atoms with Gasteiger partial charge in [0.25, 0.3) is 5.91 Å². The number of halogens is 2. The highest BCUT2D eigenvalue weighted by Gasteiger charge is 2.48. The highest BCUT2D eigenvalue weighted by molar-refractivity contribution is 6.31. The molecule has 1 aliphatic rings. The van der Waals surface area contributed by atoms with E-state index < -0.39 is 23.3 Å². The standard InChI is InChI=1S/C13H14ClFN2O3/c1-13(7-20-2)11(18)17(12(19)16-13)6-8-9(14)4-3-5-10(8)15/h3-5H,6-7H2,1-2H3,(H,16,19). The number of hydrogen-bond acceptors (Lipinski definition) is 3. The van der Waals surface area contributed by atoms with Crippen LogP contribution in [0.3, 0.4) is 0 Å². The van der Waals surface area contributed by atoms with Gasteiger partial charge in [0, 0.05) is 17.7 Å². The quantitative estimate of drug-likeness (QED) is 0.865. The Bertz CT molecular complexity index is 546. The number of imide groups is 1. The summed E-state index contributed by atoms with van der Waals surface area (Å²) in [5.41, 5.74) is -1.02. The second-order valence-corrected chi connectivity index (χ2v) is 5.19. The number of nitrogens with one attached hydrogen (secondary N) is 1. The summed E-state index contributed by atoms with van der Waals surface area (Å²) in [7, 11) is 1.43. The smallest absolute Gasteiger partial charge is 0.325 e. The van der Waals surface area contributed by atoms with Crippen molar-refractivity contribution in [2.75, 3.05) is 13.7 Å². The Morgan fingerprint density at radius 3 is 2.75 bits per heavy atom. The van der Waals surface area contributed by atoms with Crippen molar-refractivity contribution in [1.82, 2.24) is 10.2 Å². The largest absolute Gasteiger partial charge is 0.382 e. The molecule has 3 amide bonds. The maximum absolute atomic E-state index is 13.7. The summed E-state index contributed by atoms with van der Waals surface area (Å²) in [5.74, 6) is -1.03. The minimum absolute atomic E-state index is 0.0408. The SMILES string of the molecule is COCC1(C)NC(=O)N(Cc2c(F)cccc2Cl)C1=O. The average molecular weight is 301 g/mol. The highest BCUT2D eigenvalue weighted by Crippen LogP contribution is 2.25. The Morgan fingerprint density at radius 2 is 2.15 bits per heavy atom. The topological polar surface area (TPSA) is 58.6 Å². The van der Waals surface area contributed by atoms with Crippen molar-refractivity contribution in [1.29, 1.82) is 0 Å². The first-order chi connectivity index (χ1) is 9.39. The molecule has 1 unspecified atom stereocenters. The van der Waals surface area contributed by atoms with Gasteiger partial charge in [0.1, 0.15) is 11.4 Å². The lowest BCUT2D eigenvalue weighted by atomic mass is 10.0. The van der Waals surface area contributed by atoms with Crippen molar-refractivity contribution < 1.29 is 18.7 Å². The minimum atomic E-state index is -1.14.